The first-order valence-corrected chi connectivity index (χ1v) is 9.10. The molecule has 0 radical (unpaired) electrons. The summed E-state index contributed by atoms with van der Waals surface area (Å²) in [6, 6.07) is 13.5. The molecular formula is C19H20N4O2S. The van der Waals surface area contributed by atoms with Gasteiger partial charge in [0.2, 0.25) is 11.1 Å². The summed E-state index contributed by atoms with van der Waals surface area (Å²) in [4.78, 5) is 16.6. The van der Waals surface area contributed by atoms with Crippen molar-refractivity contribution in [2.75, 3.05) is 18.2 Å². The molecule has 1 aromatic heterocycles. The highest BCUT2D eigenvalue weighted by Crippen LogP contribution is 2.22. The smallest absolute Gasteiger partial charge is 0.234 e. The third-order valence-electron chi connectivity index (χ3n) is 3.83. The lowest BCUT2D eigenvalue weighted by molar-refractivity contribution is -0.113. The molecule has 26 heavy (non-hydrogen) atoms. The fraction of sp³-hybridized carbons (Fsp3) is 0.211. The van der Waals surface area contributed by atoms with Crippen molar-refractivity contribution in [2.24, 2.45) is 0 Å². The van der Waals surface area contributed by atoms with E-state index in [9.17, 15) is 4.79 Å². The second-order valence-electron chi connectivity index (χ2n) is 5.85. The number of aromatic nitrogens is 3. The van der Waals surface area contributed by atoms with Crippen LogP contribution >= 0.6 is 11.8 Å². The molecule has 7 heteroatoms. The van der Waals surface area contributed by atoms with Gasteiger partial charge >= 0.3 is 0 Å². The van der Waals surface area contributed by atoms with Gasteiger partial charge in [0.1, 0.15) is 5.75 Å². The van der Waals surface area contributed by atoms with Crippen LogP contribution in [-0.4, -0.2) is 34.0 Å². The molecule has 0 atom stereocenters. The number of H-pyrrole nitrogens is 1. The van der Waals surface area contributed by atoms with Crippen LogP contribution in [0.5, 0.6) is 5.75 Å². The van der Waals surface area contributed by atoms with Crippen molar-refractivity contribution < 1.29 is 9.53 Å². The van der Waals surface area contributed by atoms with Gasteiger partial charge in [-0.3, -0.25) is 9.89 Å². The van der Waals surface area contributed by atoms with Crippen LogP contribution in [0.1, 0.15) is 11.1 Å². The normalized spacial score (nSPS) is 10.6. The van der Waals surface area contributed by atoms with Crippen molar-refractivity contribution >= 4 is 23.4 Å². The molecule has 1 amide bonds. The van der Waals surface area contributed by atoms with Crippen molar-refractivity contribution in [3.63, 3.8) is 0 Å². The number of nitrogens with zero attached hydrogens (tertiary/aromatic N) is 2. The molecule has 2 aromatic carbocycles. The van der Waals surface area contributed by atoms with Gasteiger partial charge in [-0.15, -0.1) is 5.10 Å². The minimum atomic E-state index is -0.0838. The van der Waals surface area contributed by atoms with Crippen LogP contribution in [0.4, 0.5) is 5.69 Å². The largest absolute Gasteiger partial charge is 0.497 e. The van der Waals surface area contributed by atoms with E-state index in [0.29, 0.717) is 11.0 Å². The number of aromatic amines is 1. The lowest BCUT2D eigenvalue weighted by Gasteiger charge is -2.08. The highest BCUT2D eigenvalue weighted by molar-refractivity contribution is 7.99. The SMILES string of the molecule is COc1ccc(-c2nc(SCC(=O)Nc3cc(C)ccc3C)n[nH]2)cc1. The van der Waals surface area contributed by atoms with E-state index >= 15 is 0 Å². The summed E-state index contributed by atoms with van der Waals surface area (Å²) in [5.41, 5.74) is 3.89. The average Bonchev–Trinajstić information content (AvgIpc) is 3.12. The van der Waals surface area contributed by atoms with E-state index < -0.39 is 0 Å². The van der Waals surface area contributed by atoms with Gasteiger partial charge in [0, 0.05) is 11.3 Å². The monoisotopic (exact) mass is 368 g/mol. The maximum atomic E-state index is 12.2. The minimum absolute atomic E-state index is 0.0838. The van der Waals surface area contributed by atoms with Gasteiger partial charge in [0.25, 0.3) is 0 Å². The summed E-state index contributed by atoms with van der Waals surface area (Å²) in [5.74, 6) is 1.60. The van der Waals surface area contributed by atoms with E-state index in [2.05, 4.69) is 20.5 Å². The Hall–Kier alpha value is -2.80. The van der Waals surface area contributed by atoms with E-state index in [1.807, 2.05) is 56.3 Å². The van der Waals surface area contributed by atoms with Crippen LogP contribution in [0, 0.1) is 13.8 Å². The summed E-state index contributed by atoms with van der Waals surface area (Å²) in [6.07, 6.45) is 0. The average molecular weight is 368 g/mol. The molecule has 0 aliphatic carbocycles. The van der Waals surface area contributed by atoms with Crippen LogP contribution in [-0.2, 0) is 4.79 Å². The summed E-state index contributed by atoms with van der Waals surface area (Å²) in [7, 11) is 1.63. The molecule has 0 bridgehead atoms. The van der Waals surface area contributed by atoms with Gasteiger partial charge in [0.05, 0.1) is 12.9 Å². The number of carbonyl (C=O) groups is 1. The zero-order valence-corrected chi connectivity index (χ0v) is 15.7. The number of carbonyl (C=O) groups excluding carboxylic acids is 1. The van der Waals surface area contributed by atoms with Crippen molar-refractivity contribution in [1.82, 2.24) is 15.2 Å². The molecule has 3 aromatic rings. The predicted octanol–water partition coefficient (Wildman–Crippen LogP) is 3.83. The number of methoxy groups -OCH3 is 1. The Kier molecular flexibility index (Phi) is 5.58. The van der Waals surface area contributed by atoms with Crippen LogP contribution in [0.2, 0.25) is 0 Å². The lowest BCUT2D eigenvalue weighted by Crippen LogP contribution is -2.15. The number of rotatable bonds is 6. The van der Waals surface area contributed by atoms with E-state index in [1.54, 1.807) is 7.11 Å². The standard InChI is InChI=1S/C19H20N4O2S/c1-12-4-5-13(2)16(10-12)20-17(24)11-26-19-21-18(22-23-19)14-6-8-15(25-3)9-7-14/h4-10H,11H2,1-3H3,(H,20,24)(H,21,22,23). The number of nitrogens with one attached hydrogen (secondary N) is 2. The van der Waals surface area contributed by atoms with E-state index in [-0.39, 0.29) is 11.7 Å². The molecule has 0 spiro atoms. The van der Waals surface area contributed by atoms with Crippen LogP contribution < -0.4 is 10.1 Å². The molecule has 0 fully saturated rings. The highest BCUT2D eigenvalue weighted by atomic mass is 32.2. The second-order valence-corrected chi connectivity index (χ2v) is 6.79. The Labute approximate surface area is 156 Å². The molecule has 0 aliphatic rings. The predicted molar refractivity (Wildman–Crippen MR) is 104 cm³/mol. The van der Waals surface area contributed by atoms with Crippen LogP contribution in [0.15, 0.2) is 47.6 Å². The number of amides is 1. The molecule has 0 aliphatic heterocycles. The summed E-state index contributed by atoms with van der Waals surface area (Å²) in [5, 5.41) is 10.5. The zero-order chi connectivity index (χ0) is 18.5. The summed E-state index contributed by atoms with van der Waals surface area (Å²) < 4.78 is 5.14. The number of thioether (sulfide) groups is 1. The van der Waals surface area contributed by atoms with Gasteiger partial charge < -0.3 is 10.1 Å². The van der Waals surface area contributed by atoms with Crippen molar-refractivity contribution in [2.45, 2.75) is 19.0 Å². The highest BCUT2D eigenvalue weighted by Gasteiger charge is 2.10. The molecule has 134 valence electrons. The first-order chi connectivity index (χ1) is 12.5. The van der Waals surface area contributed by atoms with Gasteiger partial charge in [0.15, 0.2) is 5.82 Å². The maximum absolute atomic E-state index is 12.2. The topological polar surface area (TPSA) is 79.9 Å². The number of aryl methyl sites for hydroxylation is 2. The Bertz CT molecular complexity index is 906. The quantitative estimate of drug-likeness (QED) is 0.647. The van der Waals surface area contributed by atoms with Gasteiger partial charge in [-0.25, -0.2) is 4.98 Å². The lowest BCUT2D eigenvalue weighted by atomic mass is 10.1. The first kappa shape index (κ1) is 18.0. The first-order valence-electron chi connectivity index (χ1n) is 8.12. The molecule has 0 saturated carbocycles. The summed E-state index contributed by atoms with van der Waals surface area (Å²) >= 11 is 1.29. The molecule has 0 unspecified atom stereocenters. The second kappa shape index (κ2) is 8.05. The van der Waals surface area contributed by atoms with Crippen molar-refractivity contribution in [3.8, 4) is 17.1 Å². The number of hydrogen-bond donors (Lipinski definition) is 2. The third-order valence-corrected chi connectivity index (χ3v) is 4.68. The molecule has 1 heterocycles. The Balaban J connectivity index is 1.58. The van der Waals surface area contributed by atoms with Gasteiger partial charge in [-0.1, -0.05) is 23.9 Å². The molecule has 3 rings (SSSR count). The summed E-state index contributed by atoms with van der Waals surface area (Å²) in [6.45, 7) is 3.97. The van der Waals surface area contributed by atoms with Gasteiger partial charge in [-0.05, 0) is 55.3 Å². The van der Waals surface area contributed by atoms with Crippen molar-refractivity contribution in [3.05, 3.63) is 53.6 Å². The zero-order valence-electron chi connectivity index (χ0n) is 14.9. The third kappa shape index (κ3) is 4.43. The number of hydrogen-bond acceptors (Lipinski definition) is 5. The van der Waals surface area contributed by atoms with Crippen LogP contribution in [0.25, 0.3) is 11.4 Å². The van der Waals surface area contributed by atoms with Crippen molar-refractivity contribution in [1.29, 1.82) is 0 Å². The fourth-order valence-corrected chi connectivity index (χ4v) is 2.97. The van der Waals surface area contributed by atoms with Crippen LogP contribution in [0.3, 0.4) is 0 Å². The van der Waals surface area contributed by atoms with E-state index in [1.165, 1.54) is 11.8 Å². The maximum Gasteiger partial charge on any atom is 0.234 e. The number of anilines is 1. The Morgan fingerprint density at radius 1 is 1.19 bits per heavy atom. The fourth-order valence-electron chi connectivity index (χ4n) is 2.38. The van der Waals surface area contributed by atoms with E-state index in [4.69, 9.17) is 4.74 Å². The molecular weight excluding hydrogens is 348 g/mol. The number of benzene rings is 2. The van der Waals surface area contributed by atoms with E-state index in [0.717, 1.165) is 28.1 Å². The molecule has 0 saturated heterocycles. The number of ether oxygens (including phenoxy) is 1. The van der Waals surface area contributed by atoms with Gasteiger partial charge in [-0.2, -0.15) is 0 Å². The molecule has 2 N–H and O–H groups in total. The molecule has 6 nitrogen and oxygen atoms in total. The minimum Gasteiger partial charge on any atom is -0.497 e. The Morgan fingerprint density at radius 2 is 1.96 bits per heavy atom. The Morgan fingerprint density at radius 3 is 2.69 bits per heavy atom.